The number of carbonyl (C=O) groups excluding carboxylic acids is 1. The number of hydrogen-bond donors (Lipinski definition) is 3. The molecule has 0 aliphatic rings. The number of carbonyl (C=O) groups is 1. The second-order valence-corrected chi connectivity index (χ2v) is 7.36. The average Bonchev–Trinajstić information content (AvgIpc) is 2.37. The highest BCUT2D eigenvalue weighted by Crippen LogP contribution is 2.26. The van der Waals surface area contributed by atoms with Gasteiger partial charge in [-0.3, -0.25) is 4.79 Å². The third kappa shape index (κ3) is 6.05. The van der Waals surface area contributed by atoms with Crippen LogP contribution >= 0.6 is 56.9 Å². The van der Waals surface area contributed by atoms with Crippen LogP contribution in [-0.4, -0.2) is 40.8 Å². The van der Waals surface area contributed by atoms with Gasteiger partial charge in [-0.15, -0.1) is 0 Å². The zero-order valence-electron chi connectivity index (χ0n) is 10.2. The quantitative estimate of drug-likeness (QED) is 0.392. The fourth-order valence-corrected chi connectivity index (χ4v) is 3.97. The maximum absolute atomic E-state index is 11.9. The van der Waals surface area contributed by atoms with Crippen molar-refractivity contribution in [1.82, 2.24) is 5.32 Å². The Balaban J connectivity index is 2.46. The normalized spacial score (nSPS) is 10.5. The molecule has 0 unspecified atom stereocenters. The van der Waals surface area contributed by atoms with Crippen LogP contribution in [-0.2, 0) is 0 Å². The second kappa shape index (κ2) is 9.24. The molecule has 1 rings (SSSR count). The smallest absolute Gasteiger partial charge is 0.255 e. The van der Waals surface area contributed by atoms with Gasteiger partial charge in [-0.25, -0.2) is 0 Å². The number of thioether (sulfide) groups is 1. The minimum Gasteiger partial charge on any atom is -0.506 e. The highest BCUT2D eigenvalue weighted by molar-refractivity contribution is 14.1. The maximum Gasteiger partial charge on any atom is 0.255 e. The predicted molar refractivity (Wildman–Crippen MR) is 94.9 cm³/mol. The standard InChI is InChI=1S/C12H15I2NO3S/c13-8-6-9(11(17)10(14)7-8)12(18)15-2-5-19-4-1-3-16/h6-7,16-17H,1-5H2,(H,15,18). The first-order valence-corrected chi connectivity index (χ1v) is 9.02. The van der Waals surface area contributed by atoms with Gasteiger partial charge in [0.25, 0.3) is 5.91 Å². The van der Waals surface area contributed by atoms with E-state index >= 15 is 0 Å². The molecule has 0 aliphatic heterocycles. The molecular formula is C12H15I2NO3S. The summed E-state index contributed by atoms with van der Waals surface area (Å²) in [5.41, 5.74) is 0.316. The molecule has 3 N–H and O–H groups in total. The molecule has 0 atom stereocenters. The van der Waals surface area contributed by atoms with Gasteiger partial charge in [0.1, 0.15) is 5.75 Å². The van der Waals surface area contributed by atoms with Gasteiger partial charge in [0.2, 0.25) is 0 Å². The molecule has 106 valence electrons. The summed E-state index contributed by atoms with van der Waals surface area (Å²) in [5, 5.41) is 21.3. The Morgan fingerprint density at radius 3 is 2.74 bits per heavy atom. The van der Waals surface area contributed by atoms with Gasteiger partial charge in [0.05, 0.1) is 9.13 Å². The third-order valence-corrected chi connectivity index (χ3v) is 4.77. The van der Waals surface area contributed by atoms with E-state index < -0.39 is 0 Å². The van der Waals surface area contributed by atoms with E-state index in [1.165, 1.54) is 0 Å². The van der Waals surface area contributed by atoms with Gasteiger partial charge < -0.3 is 15.5 Å². The number of rotatable bonds is 7. The number of phenolic OH excluding ortho intramolecular Hbond substituents is 1. The minimum atomic E-state index is -0.253. The Bertz CT molecular complexity index is 443. The summed E-state index contributed by atoms with van der Waals surface area (Å²) in [7, 11) is 0. The molecule has 0 fully saturated rings. The summed E-state index contributed by atoms with van der Waals surface area (Å²) >= 11 is 5.81. The van der Waals surface area contributed by atoms with Crippen molar-refractivity contribution in [2.24, 2.45) is 0 Å². The maximum atomic E-state index is 11.9. The third-order valence-electron chi connectivity index (χ3n) is 2.25. The van der Waals surface area contributed by atoms with Crippen molar-refractivity contribution in [3.05, 3.63) is 24.8 Å². The summed E-state index contributed by atoms with van der Waals surface area (Å²) in [5.74, 6) is 1.47. The first-order chi connectivity index (χ1) is 9.06. The number of halogens is 2. The fraction of sp³-hybridized carbons (Fsp3) is 0.417. The van der Waals surface area contributed by atoms with E-state index in [1.54, 1.807) is 17.8 Å². The monoisotopic (exact) mass is 507 g/mol. The fourth-order valence-electron chi connectivity index (χ4n) is 1.34. The molecule has 0 spiro atoms. The summed E-state index contributed by atoms with van der Waals surface area (Å²) in [4.78, 5) is 11.9. The number of phenols is 1. The number of hydrogen-bond acceptors (Lipinski definition) is 4. The lowest BCUT2D eigenvalue weighted by molar-refractivity contribution is 0.0953. The van der Waals surface area contributed by atoms with Crippen molar-refractivity contribution < 1.29 is 15.0 Å². The molecule has 0 heterocycles. The Morgan fingerprint density at radius 1 is 1.32 bits per heavy atom. The number of aliphatic hydroxyl groups excluding tert-OH is 1. The van der Waals surface area contributed by atoms with Crippen molar-refractivity contribution in [3.63, 3.8) is 0 Å². The average molecular weight is 507 g/mol. The van der Waals surface area contributed by atoms with Crippen molar-refractivity contribution in [2.75, 3.05) is 24.7 Å². The van der Waals surface area contributed by atoms with Crippen LogP contribution in [0.4, 0.5) is 0 Å². The molecule has 1 amide bonds. The van der Waals surface area contributed by atoms with Gasteiger partial charge in [-0.2, -0.15) is 11.8 Å². The van der Waals surface area contributed by atoms with Crippen molar-refractivity contribution in [3.8, 4) is 5.75 Å². The molecule has 0 radical (unpaired) electrons. The van der Waals surface area contributed by atoms with Gasteiger partial charge in [-0.1, -0.05) is 0 Å². The molecule has 0 aliphatic carbocycles. The second-order valence-electron chi connectivity index (χ2n) is 3.73. The number of aliphatic hydroxyl groups is 1. The molecule has 4 nitrogen and oxygen atoms in total. The first kappa shape index (κ1) is 17.3. The molecule has 0 saturated heterocycles. The van der Waals surface area contributed by atoms with Crippen LogP contribution in [0.5, 0.6) is 5.75 Å². The van der Waals surface area contributed by atoms with E-state index in [-0.39, 0.29) is 18.3 Å². The van der Waals surface area contributed by atoms with E-state index in [0.29, 0.717) is 15.7 Å². The van der Waals surface area contributed by atoms with Crippen molar-refractivity contribution in [2.45, 2.75) is 6.42 Å². The van der Waals surface area contributed by atoms with Gasteiger partial charge >= 0.3 is 0 Å². The molecule has 19 heavy (non-hydrogen) atoms. The predicted octanol–water partition coefficient (Wildman–Crippen LogP) is 2.45. The zero-order chi connectivity index (χ0) is 14.3. The van der Waals surface area contributed by atoms with Crippen LogP contribution in [0.3, 0.4) is 0 Å². The van der Waals surface area contributed by atoms with Crippen molar-refractivity contribution >= 4 is 62.9 Å². The van der Waals surface area contributed by atoms with Gasteiger partial charge in [-0.05, 0) is 69.5 Å². The Morgan fingerprint density at radius 2 is 2.05 bits per heavy atom. The Kier molecular flexibility index (Phi) is 8.42. The SMILES string of the molecule is O=C(NCCSCCCO)c1cc(I)cc(I)c1O. The van der Waals surface area contributed by atoms with E-state index in [2.05, 4.69) is 27.9 Å². The molecule has 7 heteroatoms. The van der Waals surface area contributed by atoms with Gasteiger partial charge in [0.15, 0.2) is 0 Å². The van der Waals surface area contributed by atoms with E-state index in [1.807, 2.05) is 28.7 Å². The summed E-state index contributed by atoms with van der Waals surface area (Å²) in [6.07, 6.45) is 0.772. The van der Waals surface area contributed by atoms with Gasteiger partial charge in [0, 0.05) is 22.5 Å². The lowest BCUT2D eigenvalue weighted by Crippen LogP contribution is -2.26. The number of aromatic hydroxyl groups is 1. The topological polar surface area (TPSA) is 69.6 Å². The highest BCUT2D eigenvalue weighted by Gasteiger charge is 2.14. The summed E-state index contributed by atoms with van der Waals surface area (Å²) in [6, 6.07) is 3.49. The molecule has 1 aromatic carbocycles. The van der Waals surface area contributed by atoms with Crippen LogP contribution in [0, 0.1) is 7.14 Å². The number of nitrogens with one attached hydrogen (secondary N) is 1. The highest BCUT2D eigenvalue weighted by atomic mass is 127. The first-order valence-electron chi connectivity index (χ1n) is 5.71. The zero-order valence-corrected chi connectivity index (χ0v) is 15.3. The minimum absolute atomic E-state index is 0.0337. The Labute approximate surface area is 144 Å². The summed E-state index contributed by atoms with van der Waals surface area (Å²) < 4.78 is 1.59. The molecule has 1 aromatic rings. The lowest BCUT2D eigenvalue weighted by atomic mass is 10.2. The van der Waals surface area contributed by atoms with E-state index in [4.69, 9.17) is 5.11 Å². The van der Waals surface area contributed by atoms with Crippen LogP contribution in [0.1, 0.15) is 16.8 Å². The summed E-state index contributed by atoms with van der Waals surface area (Å²) in [6.45, 7) is 0.755. The van der Waals surface area contributed by atoms with Crippen LogP contribution in [0.2, 0.25) is 0 Å². The number of amides is 1. The molecular weight excluding hydrogens is 492 g/mol. The van der Waals surface area contributed by atoms with E-state index in [9.17, 15) is 9.90 Å². The molecule has 0 aromatic heterocycles. The largest absolute Gasteiger partial charge is 0.506 e. The van der Waals surface area contributed by atoms with Crippen LogP contribution < -0.4 is 5.32 Å². The van der Waals surface area contributed by atoms with Crippen molar-refractivity contribution in [1.29, 1.82) is 0 Å². The number of benzene rings is 1. The van der Waals surface area contributed by atoms with Crippen LogP contribution in [0.25, 0.3) is 0 Å². The molecule has 0 saturated carbocycles. The lowest BCUT2D eigenvalue weighted by Gasteiger charge is -2.08. The van der Waals surface area contributed by atoms with Crippen LogP contribution in [0.15, 0.2) is 12.1 Å². The van der Waals surface area contributed by atoms with E-state index in [0.717, 1.165) is 21.5 Å². The Hall–Kier alpha value is 0.260. The molecule has 0 bridgehead atoms.